The Morgan fingerprint density at radius 3 is 1.70 bits per heavy atom. The molecule has 122 valence electrons. The van der Waals surface area contributed by atoms with Crippen LogP contribution in [0.25, 0.3) is 0 Å². The van der Waals surface area contributed by atoms with Crippen molar-refractivity contribution in [3.63, 3.8) is 0 Å². The molecule has 4 heteroatoms. The molecule has 1 aromatic rings. The van der Waals surface area contributed by atoms with Gasteiger partial charge in [-0.05, 0) is 45.4 Å². The van der Waals surface area contributed by atoms with Crippen LogP contribution < -0.4 is 10.2 Å². The van der Waals surface area contributed by atoms with Gasteiger partial charge in [0, 0.05) is 48.2 Å². The van der Waals surface area contributed by atoms with Gasteiger partial charge in [0.05, 0.1) is 0 Å². The lowest BCUT2D eigenvalue weighted by atomic mass is 9.77. The lowest BCUT2D eigenvalue weighted by Crippen LogP contribution is -2.29. The molecule has 1 aromatic carbocycles. The van der Waals surface area contributed by atoms with Crippen molar-refractivity contribution in [3.05, 3.63) is 52.4 Å². The minimum atomic E-state index is -0.303. The molecule has 0 fully saturated rings. The minimum absolute atomic E-state index is 0.0112. The molecule has 1 aliphatic rings. The highest BCUT2D eigenvalue weighted by Crippen LogP contribution is 2.39. The molecule has 2 rings (SSSR count). The van der Waals surface area contributed by atoms with E-state index in [2.05, 4.69) is 5.32 Å². The van der Waals surface area contributed by atoms with Gasteiger partial charge in [-0.1, -0.05) is 12.1 Å². The van der Waals surface area contributed by atoms with Gasteiger partial charge in [0.25, 0.3) is 0 Å². The molecule has 0 saturated carbocycles. The van der Waals surface area contributed by atoms with E-state index in [1.807, 2.05) is 57.1 Å². The molecule has 23 heavy (non-hydrogen) atoms. The Hall–Kier alpha value is -2.36. The highest BCUT2D eigenvalue weighted by molar-refractivity contribution is 6.03. The maximum Gasteiger partial charge on any atom is 0.158 e. The first-order valence-electron chi connectivity index (χ1n) is 7.71. The first-order valence-corrected chi connectivity index (χ1v) is 7.71. The summed E-state index contributed by atoms with van der Waals surface area (Å²) in [4.78, 5) is 26.4. The van der Waals surface area contributed by atoms with Gasteiger partial charge < -0.3 is 10.2 Å². The predicted octanol–water partition coefficient (Wildman–Crippen LogP) is 3.17. The summed E-state index contributed by atoms with van der Waals surface area (Å²) in [7, 11) is 3.96. The van der Waals surface area contributed by atoms with Crippen molar-refractivity contribution in [2.75, 3.05) is 19.0 Å². The van der Waals surface area contributed by atoms with E-state index in [0.29, 0.717) is 11.1 Å². The van der Waals surface area contributed by atoms with Crippen molar-refractivity contribution >= 4 is 17.3 Å². The molecular weight excluding hydrogens is 288 g/mol. The number of hydrogen-bond acceptors (Lipinski definition) is 4. The van der Waals surface area contributed by atoms with Gasteiger partial charge in [0.15, 0.2) is 11.6 Å². The van der Waals surface area contributed by atoms with E-state index in [-0.39, 0.29) is 17.5 Å². The molecule has 0 amide bonds. The van der Waals surface area contributed by atoms with Crippen LogP contribution in [0.1, 0.15) is 39.2 Å². The van der Waals surface area contributed by atoms with E-state index in [9.17, 15) is 9.59 Å². The first kappa shape index (κ1) is 17.0. The zero-order valence-electron chi connectivity index (χ0n) is 14.7. The highest BCUT2D eigenvalue weighted by Gasteiger charge is 2.33. The van der Waals surface area contributed by atoms with E-state index >= 15 is 0 Å². The van der Waals surface area contributed by atoms with Gasteiger partial charge in [0.1, 0.15) is 0 Å². The van der Waals surface area contributed by atoms with Crippen LogP contribution in [-0.2, 0) is 9.59 Å². The Balaban J connectivity index is 2.62. The molecule has 1 heterocycles. The summed E-state index contributed by atoms with van der Waals surface area (Å²) < 4.78 is 0. The number of nitrogens with zero attached hydrogens (tertiary/aromatic N) is 1. The van der Waals surface area contributed by atoms with Crippen LogP contribution in [0.4, 0.5) is 5.69 Å². The fraction of sp³-hybridized carbons (Fsp3) is 0.368. The zero-order chi connectivity index (χ0) is 17.3. The summed E-state index contributed by atoms with van der Waals surface area (Å²) in [5.41, 5.74) is 5.02. The van der Waals surface area contributed by atoms with Crippen LogP contribution >= 0.6 is 0 Å². The molecule has 0 radical (unpaired) electrons. The normalized spacial score (nSPS) is 15.6. The molecule has 0 saturated heterocycles. The van der Waals surface area contributed by atoms with Gasteiger partial charge in [-0.15, -0.1) is 0 Å². The third-order valence-electron chi connectivity index (χ3n) is 4.26. The molecule has 4 nitrogen and oxygen atoms in total. The minimum Gasteiger partial charge on any atom is -0.378 e. The van der Waals surface area contributed by atoms with Crippen molar-refractivity contribution in [3.8, 4) is 0 Å². The Kier molecular flexibility index (Phi) is 4.73. The molecule has 0 unspecified atom stereocenters. The monoisotopic (exact) mass is 312 g/mol. The molecule has 1 aliphatic heterocycles. The summed E-state index contributed by atoms with van der Waals surface area (Å²) >= 11 is 0. The molecule has 1 N–H and O–H groups in total. The predicted molar refractivity (Wildman–Crippen MR) is 93.4 cm³/mol. The summed E-state index contributed by atoms with van der Waals surface area (Å²) in [5.74, 6) is -0.326. The van der Waals surface area contributed by atoms with Crippen molar-refractivity contribution in [2.24, 2.45) is 0 Å². The average Bonchev–Trinajstić information content (AvgIpc) is 2.45. The number of ketones is 2. The van der Waals surface area contributed by atoms with E-state index in [1.54, 1.807) is 13.8 Å². The average molecular weight is 312 g/mol. The van der Waals surface area contributed by atoms with Crippen LogP contribution in [0.3, 0.4) is 0 Å². The van der Waals surface area contributed by atoms with Crippen LogP contribution in [-0.4, -0.2) is 25.7 Å². The third-order valence-corrected chi connectivity index (χ3v) is 4.26. The fourth-order valence-corrected chi connectivity index (χ4v) is 3.23. The van der Waals surface area contributed by atoms with Crippen LogP contribution in [0.2, 0.25) is 0 Å². The Bertz CT molecular complexity index is 673. The van der Waals surface area contributed by atoms with Gasteiger partial charge in [-0.25, -0.2) is 0 Å². The number of rotatable bonds is 4. The molecular formula is C19H24N2O2. The molecule has 0 aromatic heterocycles. The summed E-state index contributed by atoms with van der Waals surface area (Å²) in [5, 5.41) is 3.18. The zero-order valence-corrected chi connectivity index (χ0v) is 14.7. The van der Waals surface area contributed by atoms with Crippen molar-refractivity contribution in [2.45, 2.75) is 33.6 Å². The maximum absolute atomic E-state index is 12.2. The number of dihydropyridines is 1. The molecule has 0 aliphatic carbocycles. The third kappa shape index (κ3) is 3.21. The standard InChI is InChI=1S/C19H24N2O2/c1-11-17(13(3)22)19(18(14(4)23)12(2)20-11)15-7-9-16(10-8-15)21(5)6/h7-10,19-20H,1-6H3. The second kappa shape index (κ2) is 6.41. The Morgan fingerprint density at radius 1 is 0.913 bits per heavy atom. The topological polar surface area (TPSA) is 49.4 Å². The van der Waals surface area contributed by atoms with E-state index in [1.165, 1.54) is 0 Å². The van der Waals surface area contributed by atoms with Crippen LogP contribution in [0.5, 0.6) is 0 Å². The number of hydrogen-bond donors (Lipinski definition) is 1. The highest BCUT2D eigenvalue weighted by atomic mass is 16.1. The van der Waals surface area contributed by atoms with Gasteiger partial charge in [-0.3, -0.25) is 9.59 Å². The maximum atomic E-state index is 12.2. The largest absolute Gasteiger partial charge is 0.378 e. The quantitative estimate of drug-likeness (QED) is 0.928. The molecule has 0 spiro atoms. The summed E-state index contributed by atoms with van der Waals surface area (Å²) in [6, 6.07) is 8.02. The fourth-order valence-electron chi connectivity index (χ4n) is 3.23. The number of nitrogens with one attached hydrogen (secondary N) is 1. The second-order valence-electron chi connectivity index (χ2n) is 6.23. The number of carbonyl (C=O) groups excluding carboxylic acids is 2. The van der Waals surface area contributed by atoms with Crippen LogP contribution in [0.15, 0.2) is 46.8 Å². The first-order chi connectivity index (χ1) is 10.7. The number of Topliss-reactive ketones (excluding diaryl/α,β-unsaturated/α-hetero) is 2. The summed E-state index contributed by atoms with van der Waals surface area (Å²) in [6.45, 7) is 6.89. The van der Waals surface area contributed by atoms with E-state index in [0.717, 1.165) is 22.6 Å². The Morgan fingerprint density at radius 2 is 1.35 bits per heavy atom. The van der Waals surface area contributed by atoms with Gasteiger partial charge in [-0.2, -0.15) is 0 Å². The number of carbonyl (C=O) groups is 2. The lowest BCUT2D eigenvalue weighted by molar-refractivity contribution is -0.114. The van der Waals surface area contributed by atoms with Crippen LogP contribution in [0, 0.1) is 0 Å². The SMILES string of the molecule is CC(=O)C1=C(C)NC(C)=C(C(C)=O)C1c1ccc(N(C)C)cc1. The number of benzene rings is 1. The van der Waals surface area contributed by atoms with Crippen molar-refractivity contribution < 1.29 is 9.59 Å². The number of anilines is 1. The van der Waals surface area contributed by atoms with Crippen molar-refractivity contribution in [1.82, 2.24) is 5.32 Å². The summed E-state index contributed by atoms with van der Waals surface area (Å²) in [6.07, 6.45) is 0. The van der Waals surface area contributed by atoms with Crippen molar-refractivity contribution in [1.29, 1.82) is 0 Å². The van der Waals surface area contributed by atoms with Gasteiger partial charge in [0.2, 0.25) is 0 Å². The van der Waals surface area contributed by atoms with E-state index < -0.39 is 0 Å². The second-order valence-corrected chi connectivity index (χ2v) is 6.23. The smallest absolute Gasteiger partial charge is 0.158 e. The van der Waals surface area contributed by atoms with E-state index in [4.69, 9.17) is 0 Å². The lowest BCUT2D eigenvalue weighted by Gasteiger charge is -2.30. The molecule has 0 bridgehead atoms. The van der Waals surface area contributed by atoms with Gasteiger partial charge >= 0.3 is 0 Å². The Labute approximate surface area is 137 Å². The molecule has 0 atom stereocenters. The number of allylic oxidation sites excluding steroid dienone is 4.